The second-order valence-electron chi connectivity index (χ2n) is 7.19. The van der Waals surface area contributed by atoms with Gasteiger partial charge in [0, 0.05) is 26.4 Å². The van der Waals surface area contributed by atoms with Gasteiger partial charge in [-0.05, 0) is 24.1 Å². The van der Waals surface area contributed by atoms with Crippen LogP contribution in [0.25, 0.3) is 0 Å². The van der Waals surface area contributed by atoms with Crippen LogP contribution in [0.1, 0.15) is 35.2 Å². The predicted octanol–water partition coefficient (Wildman–Crippen LogP) is 0.597. The molecule has 2 heterocycles. The molecule has 10 heteroatoms. The van der Waals surface area contributed by atoms with E-state index in [4.69, 9.17) is 0 Å². The largest absolute Gasteiger partial charge is 0.465 e. The summed E-state index contributed by atoms with van der Waals surface area (Å²) in [5.74, 6) is -1.10. The maximum absolute atomic E-state index is 12.8. The number of sulfone groups is 1. The normalized spacial score (nSPS) is 20.9. The average Bonchev–Trinajstić information content (AvgIpc) is 3.07. The Morgan fingerprint density at radius 3 is 2.52 bits per heavy atom. The lowest BCUT2D eigenvalue weighted by atomic mass is 10.1. The van der Waals surface area contributed by atoms with E-state index in [0.717, 1.165) is 5.56 Å². The molecule has 3 rings (SSSR count). The van der Waals surface area contributed by atoms with E-state index in [2.05, 4.69) is 9.84 Å². The number of hydrogen-bond donors (Lipinski definition) is 0. The van der Waals surface area contributed by atoms with Crippen molar-refractivity contribution >= 4 is 33.3 Å². The highest BCUT2D eigenvalue weighted by Crippen LogP contribution is 2.22. The molecule has 0 spiro atoms. The molecule has 0 saturated carbocycles. The number of amides is 2. The Kier molecular flexibility index (Phi) is 6.02. The van der Waals surface area contributed by atoms with Gasteiger partial charge in [0.05, 0.1) is 30.2 Å². The number of hydrogen-bond acceptors (Lipinski definition) is 7. The zero-order valence-electron chi connectivity index (χ0n) is 16.3. The molecule has 1 saturated heterocycles. The molecule has 0 N–H and O–H groups in total. The Labute approximate surface area is 169 Å². The molecule has 0 unspecified atom stereocenters. The minimum Gasteiger partial charge on any atom is -0.465 e. The van der Waals surface area contributed by atoms with Crippen LogP contribution < -0.4 is 0 Å². The summed E-state index contributed by atoms with van der Waals surface area (Å²) >= 11 is 0. The maximum Gasteiger partial charge on any atom is 0.337 e. The van der Waals surface area contributed by atoms with Crippen molar-refractivity contribution in [1.29, 1.82) is 0 Å². The summed E-state index contributed by atoms with van der Waals surface area (Å²) in [6.07, 6.45) is 0.684. The molecule has 0 aromatic heterocycles. The quantitative estimate of drug-likeness (QED) is 0.643. The summed E-state index contributed by atoms with van der Waals surface area (Å²) in [5.41, 5.74) is 1.48. The van der Waals surface area contributed by atoms with Gasteiger partial charge < -0.3 is 9.64 Å². The van der Waals surface area contributed by atoms with E-state index in [9.17, 15) is 22.8 Å². The molecule has 2 amide bonds. The lowest BCUT2D eigenvalue weighted by Gasteiger charge is -2.29. The Bertz CT molecular complexity index is 955. The van der Waals surface area contributed by atoms with Gasteiger partial charge >= 0.3 is 5.97 Å². The van der Waals surface area contributed by atoms with Gasteiger partial charge in [0.1, 0.15) is 5.71 Å². The van der Waals surface area contributed by atoms with Crippen LogP contribution >= 0.6 is 0 Å². The molecule has 2 aliphatic heterocycles. The third-order valence-electron chi connectivity index (χ3n) is 5.00. The second kappa shape index (κ2) is 8.32. The summed E-state index contributed by atoms with van der Waals surface area (Å²) in [4.78, 5) is 38.0. The third-order valence-corrected chi connectivity index (χ3v) is 6.75. The standard InChI is InChI=1S/C19H23N3O6S/c1-21(11-13-3-5-14(6-4-13)19(25)28-2)18(24)16-7-8-17(23)22(20-16)15-9-10-29(26,27)12-15/h3-6,15H,7-12H2,1-2H3/t15-/m1/s1. The molecule has 0 aliphatic carbocycles. The van der Waals surface area contributed by atoms with E-state index < -0.39 is 21.8 Å². The molecule has 1 atom stereocenters. The van der Waals surface area contributed by atoms with Crippen LogP contribution in [0.15, 0.2) is 29.4 Å². The number of hydrazone groups is 1. The zero-order valence-corrected chi connectivity index (χ0v) is 17.1. The van der Waals surface area contributed by atoms with E-state index in [0.29, 0.717) is 18.5 Å². The van der Waals surface area contributed by atoms with Crippen LogP contribution in [-0.4, -0.2) is 73.5 Å². The topological polar surface area (TPSA) is 113 Å². The van der Waals surface area contributed by atoms with Gasteiger partial charge in [-0.25, -0.2) is 18.2 Å². The van der Waals surface area contributed by atoms with Crippen molar-refractivity contribution in [3.8, 4) is 0 Å². The van der Waals surface area contributed by atoms with E-state index in [-0.39, 0.29) is 41.9 Å². The number of ether oxygens (including phenoxy) is 1. The number of esters is 1. The molecule has 1 aromatic carbocycles. The van der Waals surface area contributed by atoms with Crippen molar-refractivity contribution in [3.05, 3.63) is 35.4 Å². The lowest BCUT2D eigenvalue weighted by molar-refractivity contribution is -0.134. The Morgan fingerprint density at radius 2 is 1.93 bits per heavy atom. The second-order valence-corrected chi connectivity index (χ2v) is 9.42. The first-order chi connectivity index (χ1) is 13.7. The molecular formula is C19H23N3O6S. The van der Waals surface area contributed by atoms with Gasteiger partial charge in [0.2, 0.25) is 5.91 Å². The molecule has 29 heavy (non-hydrogen) atoms. The fourth-order valence-corrected chi connectivity index (χ4v) is 5.10. The Hall–Kier alpha value is -2.75. The molecular weight excluding hydrogens is 398 g/mol. The predicted molar refractivity (Wildman–Crippen MR) is 105 cm³/mol. The molecule has 1 fully saturated rings. The molecule has 1 aromatic rings. The van der Waals surface area contributed by atoms with Gasteiger partial charge in [0.15, 0.2) is 9.84 Å². The Balaban J connectivity index is 1.69. The monoisotopic (exact) mass is 421 g/mol. The number of rotatable bonds is 5. The number of carbonyl (C=O) groups is 3. The average molecular weight is 421 g/mol. The Morgan fingerprint density at radius 1 is 1.24 bits per heavy atom. The molecule has 156 valence electrons. The SMILES string of the molecule is COC(=O)c1ccc(CN(C)C(=O)C2=NN([C@@H]3CCS(=O)(=O)C3)C(=O)CC2)cc1. The van der Waals surface area contributed by atoms with Crippen LogP contribution in [0.2, 0.25) is 0 Å². The number of nitrogens with zero attached hydrogens (tertiary/aromatic N) is 3. The van der Waals surface area contributed by atoms with Crippen LogP contribution in [-0.2, 0) is 30.7 Å². The summed E-state index contributed by atoms with van der Waals surface area (Å²) < 4.78 is 28.1. The fourth-order valence-electron chi connectivity index (χ4n) is 3.41. The van der Waals surface area contributed by atoms with Gasteiger partial charge in [-0.3, -0.25) is 9.59 Å². The third kappa shape index (κ3) is 4.81. The van der Waals surface area contributed by atoms with Gasteiger partial charge in [-0.15, -0.1) is 0 Å². The zero-order chi connectivity index (χ0) is 21.2. The molecule has 0 bridgehead atoms. The van der Waals surface area contributed by atoms with Gasteiger partial charge in [-0.2, -0.15) is 5.10 Å². The summed E-state index contributed by atoms with van der Waals surface area (Å²) in [7, 11) is -0.233. The van der Waals surface area contributed by atoms with Crippen molar-refractivity contribution in [2.24, 2.45) is 5.10 Å². The van der Waals surface area contributed by atoms with E-state index >= 15 is 0 Å². The van der Waals surface area contributed by atoms with Crippen molar-refractivity contribution in [2.45, 2.75) is 31.8 Å². The molecule has 0 radical (unpaired) electrons. The summed E-state index contributed by atoms with van der Waals surface area (Å²) in [5, 5.41) is 5.39. The van der Waals surface area contributed by atoms with Gasteiger partial charge in [-0.1, -0.05) is 12.1 Å². The number of benzene rings is 1. The van der Waals surface area contributed by atoms with Crippen LogP contribution in [0.3, 0.4) is 0 Å². The smallest absolute Gasteiger partial charge is 0.337 e. The molecule has 9 nitrogen and oxygen atoms in total. The van der Waals surface area contributed by atoms with Crippen molar-refractivity contribution in [1.82, 2.24) is 9.91 Å². The number of methoxy groups -OCH3 is 1. The minimum atomic E-state index is -3.17. The first kappa shape index (κ1) is 21.0. The van der Waals surface area contributed by atoms with Gasteiger partial charge in [0.25, 0.3) is 5.91 Å². The van der Waals surface area contributed by atoms with Crippen molar-refractivity contribution < 1.29 is 27.5 Å². The van der Waals surface area contributed by atoms with Crippen LogP contribution in [0, 0.1) is 0 Å². The maximum atomic E-state index is 12.8. The van der Waals surface area contributed by atoms with Crippen LogP contribution in [0.5, 0.6) is 0 Å². The highest BCUT2D eigenvalue weighted by atomic mass is 32.2. The fraction of sp³-hybridized carbons (Fsp3) is 0.474. The highest BCUT2D eigenvalue weighted by molar-refractivity contribution is 7.91. The van der Waals surface area contributed by atoms with E-state index in [1.807, 2.05) is 0 Å². The van der Waals surface area contributed by atoms with Crippen molar-refractivity contribution in [3.63, 3.8) is 0 Å². The molecule has 2 aliphatic rings. The number of carbonyl (C=O) groups excluding carboxylic acids is 3. The first-order valence-electron chi connectivity index (χ1n) is 9.23. The van der Waals surface area contributed by atoms with E-state index in [1.165, 1.54) is 17.0 Å². The minimum absolute atomic E-state index is 0.0295. The van der Waals surface area contributed by atoms with E-state index in [1.54, 1.807) is 31.3 Å². The lowest BCUT2D eigenvalue weighted by Crippen LogP contribution is -2.44. The highest BCUT2D eigenvalue weighted by Gasteiger charge is 2.37. The van der Waals surface area contributed by atoms with Crippen LogP contribution in [0.4, 0.5) is 0 Å². The summed E-state index contributed by atoms with van der Waals surface area (Å²) in [6.45, 7) is 0.297. The summed E-state index contributed by atoms with van der Waals surface area (Å²) in [6, 6.07) is 6.21. The van der Waals surface area contributed by atoms with Crippen molar-refractivity contribution in [2.75, 3.05) is 25.7 Å². The first-order valence-corrected chi connectivity index (χ1v) is 11.0.